The average Bonchev–Trinajstić information content (AvgIpc) is 3.29. The number of nitrogens with zero attached hydrogens (tertiary/aromatic N) is 2. The van der Waals surface area contributed by atoms with Crippen LogP contribution in [0.1, 0.15) is 18.4 Å². The van der Waals surface area contributed by atoms with Gasteiger partial charge >= 0.3 is 0 Å². The standard InChI is InChI=1S/C21H23N5/c1-2-9-20-19(7-1)25-21(24-16-6-4-11-22-13-16)26(20)14-15-5-3-8-18-17(15)10-12-23-18/h1-3,5,7-10,12,16,22-23H,4,6,11,13-14H2,(H,24,25). The van der Waals surface area contributed by atoms with E-state index in [1.165, 1.54) is 34.8 Å². The predicted octanol–water partition coefficient (Wildman–Crippen LogP) is 3.73. The molecule has 1 fully saturated rings. The highest BCUT2D eigenvalue weighted by Gasteiger charge is 2.18. The molecular weight excluding hydrogens is 322 g/mol. The van der Waals surface area contributed by atoms with Crippen molar-refractivity contribution < 1.29 is 0 Å². The Hall–Kier alpha value is -2.79. The quantitative estimate of drug-likeness (QED) is 0.528. The number of rotatable bonds is 4. The normalized spacial score (nSPS) is 17.8. The highest BCUT2D eigenvalue weighted by molar-refractivity contribution is 5.84. The Morgan fingerprint density at radius 2 is 2.08 bits per heavy atom. The number of fused-ring (bicyclic) bond motifs is 2. The van der Waals surface area contributed by atoms with Gasteiger partial charge in [-0.25, -0.2) is 4.98 Å². The number of aromatic amines is 1. The van der Waals surface area contributed by atoms with Gasteiger partial charge in [0.1, 0.15) is 0 Å². The van der Waals surface area contributed by atoms with Gasteiger partial charge in [0.05, 0.1) is 17.6 Å². The number of hydrogen-bond donors (Lipinski definition) is 3. The van der Waals surface area contributed by atoms with Gasteiger partial charge in [0.2, 0.25) is 5.95 Å². The second kappa shape index (κ2) is 6.50. The maximum absolute atomic E-state index is 4.89. The second-order valence-corrected chi connectivity index (χ2v) is 7.05. The van der Waals surface area contributed by atoms with Crippen LogP contribution in [0.2, 0.25) is 0 Å². The summed E-state index contributed by atoms with van der Waals surface area (Å²) in [6, 6.07) is 17.4. The monoisotopic (exact) mass is 345 g/mol. The van der Waals surface area contributed by atoms with Crippen LogP contribution in [0.5, 0.6) is 0 Å². The van der Waals surface area contributed by atoms with Gasteiger partial charge in [0.15, 0.2) is 0 Å². The minimum Gasteiger partial charge on any atom is -0.361 e. The summed E-state index contributed by atoms with van der Waals surface area (Å²) in [5.74, 6) is 0.965. The average molecular weight is 345 g/mol. The van der Waals surface area contributed by atoms with Gasteiger partial charge < -0.3 is 20.2 Å². The topological polar surface area (TPSA) is 57.7 Å². The summed E-state index contributed by atoms with van der Waals surface area (Å²) >= 11 is 0. The van der Waals surface area contributed by atoms with E-state index in [0.717, 1.165) is 31.1 Å². The van der Waals surface area contributed by atoms with Crippen LogP contribution < -0.4 is 10.6 Å². The molecule has 5 rings (SSSR count). The number of piperidine rings is 1. The minimum absolute atomic E-state index is 0.433. The van der Waals surface area contributed by atoms with Gasteiger partial charge in [-0.15, -0.1) is 0 Å². The summed E-state index contributed by atoms with van der Waals surface area (Å²) in [4.78, 5) is 8.20. The van der Waals surface area contributed by atoms with Crippen LogP contribution in [0, 0.1) is 0 Å². The van der Waals surface area contributed by atoms with E-state index in [0.29, 0.717) is 6.04 Å². The molecule has 5 nitrogen and oxygen atoms in total. The lowest BCUT2D eigenvalue weighted by Gasteiger charge is -2.24. The van der Waals surface area contributed by atoms with Crippen molar-refractivity contribution in [1.82, 2.24) is 19.9 Å². The number of para-hydroxylation sites is 2. The molecule has 2 aromatic carbocycles. The van der Waals surface area contributed by atoms with Crippen LogP contribution in [-0.4, -0.2) is 33.7 Å². The SMILES string of the molecule is c1ccc2c(c1)nc(NC1CCCNC1)n2Cc1cccc2[nH]ccc12. The van der Waals surface area contributed by atoms with E-state index >= 15 is 0 Å². The lowest BCUT2D eigenvalue weighted by atomic mass is 10.1. The largest absolute Gasteiger partial charge is 0.361 e. The molecule has 0 radical (unpaired) electrons. The zero-order valence-electron chi connectivity index (χ0n) is 14.7. The Bertz CT molecular complexity index is 1040. The molecule has 0 amide bonds. The van der Waals surface area contributed by atoms with E-state index in [-0.39, 0.29) is 0 Å². The van der Waals surface area contributed by atoms with Crippen molar-refractivity contribution in [2.75, 3.05) is 18.4 Å². The highest BCUT2D eigenvalue weighted by atomic mass is 15.2. The smallest absolute Gasteiger partial charge is 0.204 e. The number of imidazole rings is 1. The van der Waals surface area contributed by atoms with Crippen LogP contribution in [0.15, 0.2) is 54.7 Å². The Kier molecular flexibility index (Phi) is 3.87. The summed E-state index contributed by atoms with van der Waals surface area (Å²) in [7, 11) is 0. The van der Waals surface area contributed by atoms with E-state index in [9.17, 15) is 0 Å². The number of H-pyrrole nitrogens is 1. The third-order valence-corrected chi connectivity index (χ3v) is 5.30. The number of hydrogen-bond acceptors (Lipinski definition) is 3. The maximum atomic E-state index is 4.89. The van der Waals surface area contributed by atoms with Crippen molar-refractivity contribution >= 4 is 27.9 Å². The fourth-order valence-corrected chi connectivity index (χ4v) is 3.96. The zero-order chi connectivity index (χ0) is 17.3. The van der Waals surface area contributed by atoms with Crippen LogP contribution in [0.4, 0.5) is 5.95 Å². The summed E-state index contributed by atoms with van der Waals surface area (Å²) < 4.78 is 2.31. The molecule has 5 heteroatoms. The van der Waals surface area contributed by atoms with E-state index in [2.05, 4.69) is 68.7 Å². The molecular formula is C21H23N5. The van der Waals surface area contributed by atoms with Gasteiger partial charge in [-0.05, 0) is 49.2 Å². The lowest BCUT2D eigenvalue weighted by molar-refractivity contribution is 0.476. The molecule has 0 bridgehead atoms. The molecule has 1 saturated heterocycles. The van der Waals surface area contributed by atoms with E-state index in [1.807, 2.05) is 6.20 Å². The number of benzene rings is 2. The molecule has 1 aliphatic heterocycles. The Balaban J connectivity index is 1.56. The fraction of sp³-hybridized carbons (Fsp3) is 0.286. The van der Waals surface area contributed by atoms with Crippen LogP contribution in [0.3, 0.4) is 0 Å². The third-order valence-electron chi connectivity index (χ3n) is 5.30. The van der Waals surface area contributed by atoms with Crippen molar-refractivity contribution in [2.24, 2.45) is 0 Å². The lowest BCUT2D eigenvalue weighted by Crippen LogP contribution is -2.39. The molecule has 3 N–H and O–H groups in total. The highest BCUT2D eigenvalue weighted by Crippen LogP contribution is 2.25. The first-order chi connectivity index (χ1) is 12.9. The molecule has 0 spiro atoms. The van der Waals surface area contributed by atoms with E-state index in [1.54, 1.807) is 0 Å². The number of anilines is 1. The first-order valence-electron chi connectivity index (χ1n) is 9.36. The molecule has 26 heavy (non-hydrogen) atoms. The summed E-state index contributed by atoms with van der Waals surface area (Å²) in [5.41, 5.74) is 4.70. The molecule has 132 valence electrons. The first kappa shape index (κ1) is 15.5. The molecule has 1 aliphatic rings. The molecule has 3 heterocycles. The van der Waals surface area contributed by atoms with E-state index < -0.39 is 0 Å². The Morgan fingerprint density at radius 3 is 3.00 bits per heavy atom. The van der Waals surface area contributed by atoms with E-state index in [4.69, 9.17) is 4.98 Å². The molecule has 1 atom stereocenters. The molecule has 2 aromatic heterocycles. The second-order valence-electron chi connectivity index (χ2n) is 7.05. The van der Waals surface area contributed by atoms with Gasteiger partial charge in [-0.2, -0.15) is 0 Å². The van der Waals surface area contributed by atoms with Crippen molar-refractivity contribution in [2.45, 2.75) is 25.4 Å². The van der Waals surface area contributed by atoms with Crippen molar-refractivity contribution in [3.8, 4) is 0 Å². The summed E-state index contributed by atoms with van der Waals surface area (Å²) in [6.07, 6.45) is 4.40. The predicted molar refractivity (Wildman–Crippen MR) is 107 cm³/mol. The van der Waals surface area contributed by atoms with Crippen LogP contribution in [0.25, 0.3) is 21.9 Å². The summed E-state index contributed by atoms with van der Waals surface area (Å²) in [5, 5.41) is 8.43. The molecule has 1 unspecified atom stereocenters. The molecule has 4 aromatic rings. The van der Waals surface area contributed by atoms with Crippen LogP contribution >= 0.6 is 0 Å². The number of nitrogens with one attached hydrogen (secondary N) is 3. The van der Waals surface area contributed by atoms with Gasteiger partial charge in [-0.3, -0.25) is 0 Å². The minimum atomic E-state index is 0.433. The van der Waals surface area contributed by atoms with Crippen molar-refractivity contribution in [3.63, 3.8) is 0 Å². The molecule has 0 saturated carbocycles. The first-order valence-corrected chi connectivity index (χ1v) is 9.36. The zero-order valence-corrected chi connectivity index (χ0v) is 14.7. The fourth-order valence-electron chi connectivity index (χ4n) is 3.96. The van der Waals surface area contributed by atoms with Gasteiger partial charge in [0.25, 0.3) is 0 Å². The Morgan fingerprint density at radius 1 is 1.12 bits per heavy atom. The van der Waals surface area contributed by atoms with Gasteiger partial charge in [-0.1, -0.05) is 24.3 Å². The van der Waals surface area contributed by atoms with Crippen molar-refractivity contribution in [1.29, 1.82) is 0 Å². The van der Waals surface area contributed by atoms with Crippen LogP contribution in [-0.2, 0) is 6.54 Å². The summed E-state index contributed by atoms with van der Waals surface area (Å²) in [6.45, 7) is 2.92. The number of aromatic nitrogens is 3. The van der Waals surface area contributed by atoms with Crippen molar-refractivity contribution in [3.05, 3.63) is 60.3 Å². The third kappa shape index (κ3) is 2.74. The maximum Gasteiger partial charge on any atom is 0.204 e. The molecule has 0 aliphatic carbocycles. The Labute approximate surface area is 152 Å². The van der Waals surface area contributed by atoms with Gasteiger partial charge in [0, 0.05) is 29.7 Å².